The number of nitrogens with zero attached hydrogens (tertiary/aromatic N) is 1. The smallest absolute Gasteiger partial charge is 0.457 e. The van der Waals surface area contributed by atoms with Crippen LogP contribution >= 0.6 is 0 Å². The first kappa shape index (κ1) is 35.0. The highest BCUT2D eigenvalue weighted by atomic mass is 19.4. The normalized spacial score (nSPS) is 12.0. The molecule has 0 aromatic rings. The van der Waals surface area contributed by atoms with Gasteiger partial charge in [-0.3, -0.25) is 14.5 Å². The molecule has 9 nitrogen and oxygen atoms in total. The predicted octanol–water partition coefficient (Wildman–Crippen LogP) is 2.27. The Balaban J connectivity index is 0. The number of ether oxygens (including phenoxy) is 5. The van der Waals surface area contributed by atoms with E-state index >= 15 is 0 Å². The van der Waals surface area contributed by atoms with Gasteiger partial charge < -0.3 is 23.7 Å². The first-order valence-electron chi connectivity index (χ1n) is 9.37. The molecule has 0 spiro atoms. The third kappa shape index (κ3) is 17.8. The van der Waals surface area contributed by atoms with Crippen molar-refractivity contribution >= 4 is 17.8 Å². The molecule has 18 heteroatoms. The van der Waals surface area contributed by atoms with Crippen LogP contribution in [-0.4, -0.2) is 108 Å². The van der Waals surface area contributed by atoms with Crippen LogP contribution in [0, 0.1) is 0 Å². The maximum absolute atomic E-state index is 12.2. The molecule has 0 bridgehead atoms. The van der Waals surface area contributed by atoms with E-state index in [-0.39, 0.29) is 39.5 Å². The van der Waals surface area contributed by atoms with Gasteiger partial charge in [-0.2, -0.15) is 39.5 Å². The monoisotopic (exact) mass is 541 g/mol. The summed E-state index contributed by atoms with van der Waals surface area (Å²) in [6.07, 6.45) is -16.4. The van der Waals surface area contributed by atoms with Crippen LogP contribution in [0.3, 0.4) is 0 Å². The molecule has 0 radical (unpaired) electrons. The van der Waals surface area contributed by atoms with Crippen LogP contribution in [0.15, 0.2) is 0 Å². The summed E-state index contributed by atoms with van der Waals surface area (Å²) in [6.45, 7) is -0.913. The molecule has 0 aliphatic rings. The molecule has 0 unspecified atom stereocenters. The van der Waals surface area contributed by atoms with Gasteiger partial charge in [-0.1, -0.05) is 0 Å². The van der Waals surface area contributed by atoms with Gasteiger partial charge in [-0.05, 0) is 6.42 Å². The van der Waals surface area contributed by atoms with E-state index in [1.54, 1.807) is 0 Å². The van der Waals surface area contributed by atoms with Crippen molar-refractivity contribution in [3.05, 3.63) is 0 Å². The minimum atomic E-state index is -5.57. The van der Waals surface area contributed by atoms with Crippen LogP contribution in [0.4, 0.5) is 39.5 Å². The summed E-state index contributed by atoms with van der Waals surface area (Å²) >= 11 is 0. The zero-order valence-corrected chi connectivity index (χ0v) is 18.5. The fourth-order valence-electron chi connectivity index (χ4n) is 1.69. The summed E-state index contributed by atoms with van der Waals surface area (Å²) in [7, 11) is 2.84. The van der Waals surface area contributed by atoms with Crippen molar-refractivity contribution in [1.29, 1.82) is 0 Å². The number of halogens is 9. The third-order valence-corrected chi connectivity index (χ3v) is 3.20. The van der Waals surface area contributed by atoms with Crippen molar-refractivity contribution in [1.82, 2.24) is 4.90 Å². The molecule has 0 saturated heterocycles. The Labute approximate surface area is 193 Å². The SMILES string of the molecule is COCCOCCCN(C(=O)C(F)(F)F)C(=O)C(F)(F)F.COCCOCCOC(=O)C(F)(F)F. The minimum absolute atomic E-state index is 0.0782. The zero-order valence-electron chi connectivity index (χ0n) is 18.5. The lowest BCUT2D eigenvalue weighted by molar-refractivity contribution is -0.204. The zero-order chi connectivity index (χ0) is 27.7. The first-order chi connectivity index (χ1) is 16.0. The summed E-state index contributed by atoms with van der Waals surface area (Å²) in [5.74, 6) is -7.92. The molecular formula is C17H24F9NO8. The maximum atomic E-state index is 12.2. The number of rotatable bonds is 13. The molecule has 35 heavy (non-hydrogen) atoms. The van der Waals surface area contributed by atoms with Crippen LogP contribution in [0.5, 0.6) is 0 Å². The van der Waals surface area contributed by atoms with Gasteiger partial charge in [0.2, 0.25) is 0 Å². The van der Waals surface area contributed by atoms with E-state index in [2.05, 4.69) is 14.2 Å². The topological polar surface area (TPSA) is 101 Å². The van der Waals surface area contributed by atoms with Crippen LogP contribution in [0.2, 0.25) is 0 Å². The number of alkyl halides is 9. The summed E-state index contributed by atoms with van der Waals surface area (Å²) in [4.78, 5) is 30.9. The summed E-state index contributed by atoms with van der Waals surface area (Å²) < 4.78 is 130. The van der Waals surface area contributed by atoms with Crippen molar-refractivity contribution in [2.45, 2.75) is 24.9 Å². The molecule has 208 valence electrons. The number of imide groups is 1. The Kier molecular flexibility index (Phi) is 17.3. The Bertz CT molecular complexity index is 598. The van der Waals surface area contributed by atoms with E-state index in [0.717, 1.165) is 0 Å². The Morgan fingerprint density at radius 2 is 1.00 bits per heavy atom. The highest BCUT2D eigenvalue weighted by Gasteiger charge is 2.51. The average molecular weight is 541 g/mol. The lowest BCUT2D eigenvalue weighted by atomic mass is 10.3. The fourth-order valence-corrected chi connectivity index (χ4v) is 1.69. The van der Waals surface area contributed by atoms with E-state index < -0.39 is 54.4 Å². The lowest BCUT2D eigenvalue weighted by Crippen LogP contribution is -2.50. The number of methoxy groups -OCH3 is 2. The molecule has 0 atom stereocenters. The molecular weight excluding hydrogens is 517 g/mol. The van der Waals surface area contributed by atoms with E-state index in [9.17, 15) is 53.9 Å². The van der Waals surface area contributed by atoms with Crippen molar-refractivity contribution in [2.24, 2.45) is 0 Å². The maximum Gasteiger partial charge on any atom is 0.490 e. The number of hydrogen-bond acceptors (Lipinski definition) is 8. The quantitative estimate of drug-likeness (QED) is 0.199. The van der Waals surface area contributed by atoms with Gasteiger partial charge in [0, 0.05) is 27.4 Å². The number of esters is 1. The first-order valence-corrected chi connectivity index (χ1v) is 9.37. The molecule has 0 N–H and O–H groups in total. The molecule has 0 aromatic carbocycles. The van der Waals surface area contributed by atoms with Crippen molar-refractivity contribution in [3.63, 3.8) is 0 Å². The van der Waals surface area contributed by atoms with Gasteiger partial charge in [0.15, 0.2) is 0 Å². The molecule has 0 aromatic heterocycles. The highest BCUT2D eigenvalue weighted by molar-refractivity contribution is 6.00. The number of amides is 2. The van der Waals surface area contributed by atoms with Crippen LogP contribution < -0.4 is 0 Å². The van der Waals surface area contributed by atoms with Crippen LogP contribution in [0.25, 0.3) is 0 Å². The Morgan fingerprint density at radius 3 is 1.37 bits per heavy atom. The standard InChI is InChI=1S/C10H13F6NO4.C7H11F3O4/c1-20-5-6-21-4-2-3-17(7(18)9(11,12)13)8(19)10(14,15)16;1-12-2-3-13-4-5-14-6(11)7(8,9)10/h2-6H2,1H3;2-5H2,1H3. The van der Waals surface area contributed by atoms with Gasteiger partial charge >= 0.3 is 36.3 Å². The number of hydrogen-bond donors (Lipinski definition) is 0. The molecule has 0 fully saturated rings. The molecule has 0 rings (SSSR count). The Morgan fingerprint density at radius 1 is 0.600 bits per heavy atom. The van der Waals surface area contributed by atoms with E-state index in [4.69, 9.17) is 9.47 Å². The van der Waals surface area contributed by atoms with Gasteiger partial charge in [-0.25, -0.2) is 4.79 Å². The molecule has 0 heterocycles. The number of carbonyl (C=O) groups excluding carboxylic acids is 3. The second-order valence-corrected chi connectivity index (χ2v) is 5.96. The summed E-state index contributed by atoms with van der Waals surface area (Å²) in [5, 5.41) is 0. The lowest BCUT2D eigenvalue weighted by Gasteiger charge is -2.22. The largest absolute Gasteiger partial charge is 0.490 e. The second-order valence-electron chi connectivity index (χ2n) is 5.96. The highest BCUT2D eigenvalue weighted by Crippen LogP contribution is 2.24. The van der Waals surface area contributed by atoms with Gasteiger partial charge in [0.25, 0.3) is 0 Å². The van der Waals surface area contributed by atoms with Crippen LogP contribution in [-0.2, 0) is 38.1 Å². The van der Waals surface area contributed by atoms with Gasteiger partial charge in [-0.15, -0.1) is 0 Å². The van der Waals surface area contributed by atoms with E-state index in [1.807, 2.05) is 0 Å². The second kappa shape index (κ2) is 17.3. The number of carbonyl (C=O) groups is 3. The molecule has 2 amide bonds. The van der Waals surface area contributed by atoms with Gasteiger partial charge in [0.1, 0.15) is 6.61 Å². The van der Waals surface area contributed by atoms with Crippen molar-refractivity contribution in [3.8, 4) is 0 Å². The molecule has 0 aliphatic heterocycles. The summed E-state index contributed by atoms with van der Waals surface area (Å²) in [5.41, 5.74) is 0. The minimum Gasteiger partial charge on any atom is -0.457 e. The molecule has 0 saturated carbocycles. The van der Waals surface area contributed by atoms with E-state index in [0.29, 0.717) is 6.61 Å². The van der Waals surface area contributed by atoms with Crippen LogP contribution in [0.1, 0.15) is 6.42 Å². The van der Waals surface area contributed by atoms with Gasteiger partial charge in [0.05, 0.1) is 33.0 Å². The predicted molar refractivity (Wildman–Crippen MR) is 95.9 cm³/mol. The van der Waals surface area contributed by atoms with E-state index in [1.165, 1.54) is 14.2 Å². The van der Waals surface area contributed by atoms with Crippen molar-refractivity contribution < 1.29 is 77.6 Å². The third-order valence-electron chi connectivity index (χ3n) is 3.20. The van der Waals surface area contributed by atoms with Crippen molar-refractivity contribution in [2.75, 3.05) is 67.0 Å². The fraction of sp³-hybridized carbons (Fsp3) is 0.824. The average Bonchev–Trinajstić information content (AvgIpc) is 2.73. The molecule has 0 aliphatic carbocycles. The Hall–Kier alpha value is -2.18. The summed E-state index contributed by atoms with van der Waals surface area (Å²) in [6, 6.07) is 0.